The lowest BCUT2D eigenvalue weighted by Crippen LogP contribution is -2.54. The van der Waals surface area contributed by atoms with E-state index in [0.717, 1.165) is 50.4 Å². The van der Waals surface area contributed by atoms with Gasteiger partial charge in [0, 0.05) is 19.3 Å². The van der Waals surface area contributed by atoms with Gasteiger partial charge in [-0.2, -0.15) is 0 Å². The molecule has 9 atom stereocenters. The number of carboxylic acid groups (broad SMARTS) is 1. The number of unbranched alkanes of at least 4 members (excludes halogenated alkanes) is 1. The van der Waals surface area contributed by atoms with E-state index in [4.69, 9.17) is 19.3 Å². The van der Waals surface area contributed by atoms with E-state index in [1.807, 2.05) is 0 Å². The minimum atomic E-state index is -0.953. The average Bonchev–Trinajstić information content (AvgIpc) is 3.35. The number of carboxylic acids is 1. The minimum absolute atomic E-state index is 0.0347. The fraction of sp³-hybridized carbons (Fsp3) is 0.844. The van der Waals surface area contributed by atoms with Crippen LogP contribution < -0.4 is 0 Å². The number of carbonyl (C=O) groups excluding carboxylic acids is 2. The lowest BCUT2D eigenvalue weighted by Gasteiger charge is -2.61. The first kappa shape index (κ1) is 28.5. The molecule has 4 aliphatic carbocycles. The van der Waals surface area contributed by atoms with Gasteiger partial charge in [0.25, 0.3) is 0 Å². The first-order valence-corrected chi connectivity index (χ1v) is 15.4. The molecular formula is C32H48O7. The van der Waals surface area contributed by atoms with Gasteiger partial charge in [-0.05, 0) is 111 Å². The number of hydrogen-bond donors (Lipinski definition) is 1. The number of hydrogen-bond acceptors (Lipinski definition) is 6. The van der Waals surface area contributed by atoms with E-state index in [1.54, 1.807) is 0 Å². The Morgan fingerprint density at radius 2 is 1.74 bits per heavy atom. The zero-order chi connectivity index (χ0) is 27.9. The Morgan fingerprint density at radius 1 is 0.974 bits per heavy atom. The molecule has 4 saturated carbocycles. The Labute approximate surface area is 233 Å². The Bertz CT molecular complexity index is 1000. The van der Waals surface area contributed by atoms with E-state index in [2.05, 4.69) is 20.8 Å². The molecule has 7 heteroatoms. The summed E-state index contributed by atoms with van der Waals surface area (Å²) in [7, 11) is 0. The molecule has 0 aromatic rings. The summed E-state index contributed by atoms with van der Waals surface area (Å²) in [6, 6.07) is 0. The van der Waals surface area contributed by atoms with Gasteiger partial charge in [-0.25, -0.2) is 0 Å². The zero-order valence-electron chi connectivity index (χ0n) is 24.3. The van der Waals surface area contributed by atoms with Crippen LogP contribution in [0.1, 0.15) is 111 Å². The summed E-state index contributed by atoms with van der Waals surface area (Å²) in [4.78, 5) is 34.0. The minimum Gasteiger partial charge on any atom is -0.494 e. The van der Waals surface area contributed by atoms with Gasteiger partial charge in [0.1, 0.15) is 12.2 Å². The third kappa shape index (κ3) is 5.36. The van der Waals surface area contributed by atoms with E-state index >= 15 is 0 Å². The largest absolute Gasteiger partial charge is 0.494 e. The summed E-state index contributed by atoms with van der Waals surface area (Å²) in [6.45, 7) is 9.33. The first-order valence-electron chi connectivity index (χ1n) is 15.4. The second-order valence-corrected chi connectivity index (χ2v) is 13.8. The normalized spacial score (nSPS) is 40.6. The lowest BCUT2D eigenvalue weighted by atomic mass is 9.44. The Morgan fingerprint density at radius 3 is 2.49 bits per heavy atom. The number of ether oxygens (including phenoxy) is 3. The molecule has 7 nitrogen and oxygen atoms in total. The molecule has 5 aliphatic rings. The van der Waals surface area contributed by atoms with Crippen LogP contribution in [0, 0.1) is 40.4 Å². The van der Waals surface area contributed by atoms with Gasteiger partial charge in [0.15, 0.2) is 0 Å². The highest BCUT2D eigenvalue weighted by Crippen LogP contribution is 2.69. The Hall–Kier alpha value is -2.05. The van der Waals surface area contributed by atoms with Gasteiger partial charge in [0.2, 0.25) is 0 Å². The van der Waals surface area contributed by atoms with E-state index < -0.39 is 5.97 Å². The van der Waals surface area contributed by atoms with E-state index in [1.165, 1.54) is 50.4 Å². The second kappa shape index (κ2) is 11.1. The van der Waals surface area contributed by atoms with Crippen LogP contribution in [0.4, 0.5) is 0 Å². The molecule has 39 heavy (non-hydrogen) atoms. The fourth-order valence-electron chi connectivity index (χ4n) is 9.97. The molecule has 218 valence electrons. The van der Waals surface area contributed by atoms with Crippen molar-refractivity contribution in [1.29, 1.82) is 0 Å². The number of carbonyl (C=O) groups is 3. The molecule has 0 aromatic carbocycles. The summed E-state index contributed by atoms with van der Waals surface area (Å²) in [5, 5.41) is 8.87. The van der Waals surface area contributed by atoms with Gasteiger partial charge in [-0.15, -0.1) is 0 Å². The van der Waals surface area contributed by atoms with Crippen LogP contribution in [0.5, 0.6) is 0 Å². The van der Waals surface area contributed by atoms with Gasteiger partial charge in [0.05, 0.1) is 25.2 Å². The monoisotopic (exact) mass is 544 g/mol. The van der Waals surface area contributed by atoms with Crippen molar-refractivity contribution in [3.8, 4) is 0 Å². The summed E-state index contributed by atoms with van der Waals surface area (Å²) < 4.78 is 17.5. The van der Waals surface area contributed by atoms with E-state index in [9.17, 15) is 14.4 Å². The second-order valence-electron chi connectivity index (χ2n) is 13.8. The quantitative estimate of drug-likeness (QED) is 0.263. The highest BCUT2D eigenvalue weighted by atomic mass is 16.5. The Kier molecular flexibility index (Phi) is 8.09. The standard InChI is InChI=1S/C32H48O7/c1-19-26(7-5-6-16-37-20(2)33)39-27-18-25-23-9-8-21-17-22(38-29(36)11-10-28(34)35)12-14-31(21,3)24(23)13-15-32(25,4)30(19)27/h21-25,27,30H,5-18H2,1-4H3,(H,34,35)/t21-,22-,23+,24-,25-,27-,30-,31-,32-/m0/s1. The van der Waals surface area contributed by atoms with Crippen LogP contribution >= 0.6 is 0 Å². The maximum absolute atomic E-state index is 12.2. The highest BCUT2D eigenvalue weighted by Gasteiger charge is 2.64. The fourth-order valence-corrected chi connectivity index (χ4v) is 9.97. The van der Waals surface area contributed by atoms with E-state index in [-0.39, 0.29) is 30.9 Å². The van der Waals surface area contributed by atoms with Gasteiger partial charge in [-0.1, -0.05) is 13.8 Å². The van der Waals surface area contributed by atoms with Crippen molar-refractivity contribution in [2.45, 2.75) is 123 Å². The molecule has 0 amide bonds. The molecule has 0 saturated heterocycles. The van der Waals surface area contributed by atoms with Crippen molar-refractivity contribution < 1.29 is 33.7 Å². The third-order valence-corrected chi connectivity index (χ3v) is 11.8. The maximum Gasteiger partial charge on any atom is 0.306 e. The van der Waals surface area contributed by atoms with Gasteiger partial charge >= 0.3 is 17.9 Å². The zero-order valence-corrected chi connectivity index (χ0v) is 24.3. The van der Waals surface area contributed by atoms with Crippen molar-refractivity contribution in [3.63, 3.8) is 0 Å². The van der Waals surface area contributed by atoms with Gasteiger partial charge < -0.3 is 19.3 Å². The molecule has 0 bridgehead atoms. The molecule has 1 N–H and O–H groups in total. The van der Waals surface area contributed by atoms with Crippen molar-refractivity contribution in [1.82, 2.24) is 0 Å². The highest BCUT2D eigenvalue weighted by molar-refractivity contribution is 5.76. The molecule has 0 spiro atoms. The average molecular weight is 545 g/mol. The summed E-state index contributed by atoms with van der Waals surface area (Å²) in [6.07, 6.45) is 12.0. The van der Waals surface area contributed by atoms with Crippen LogP contribution in [-0.4, -0.2) is 41.8 Å². The molecule has 0 unspecified atom stereocenters. The number of aliphatic carboxylic acids is 1. The number of esters is 2. The molecule has 0 aromatic heterocycles. The first-order chi connectivity index (χ1) is 18.5. The van der Waals surface area contributed by atoms with Crippen LogP contribution in [0.3, 0.4) is 0 Å². The number of fused-ring (bicyclic) bond motifs is 7. The molecular weight excluding hydrogens is 496 g/mol. The molecule has 1 aliphatic heterocycles. The van der Waals surface area contributed by atoms with Gasteiger partial charge in [-0.3, -0.25) is 14.4 Å². The maximum atomic E-state index is 12.2. The van der Waals surface area contributed by atoms with Crippen LogP contribution in [-0.2, 0) is 28.6 Å². The smallest absolute Gasteiger partial charge is 0.306 e. The topological polar surface area (TPSA) is 99.1 Å². The molecule has 1 heterocycles. The molecule has 4 fully saturated rings. The summed E-state index contributed by atoms with van der Waals surface area (Å²) in [5.74, 6) is 2.94. The number of rotatable bonds is 9. The predicted octanol–water partition coefficient (Wildman–Crippen LogP) is 6.44. The summed E-state index contributed by atoms with van der Waals surface area (Å²) in [5.41, 5.74) is 2.07. The number of allylic oxidation sites excluding steroid dienone is 1. The third-order valence-electron chi connectivity index (χ3n) is 11.8. The van der Waals surface area contributed by atoms with Crippen molar-refractivity contribution in [2.75, 3.05) is 6.61 Å². The van der Waals surface area contributed by atoms with Crippen LogP contribution in [0.15, 0.2) is 11.3 Å². The lowest BCUT2D eigenvalue weighted by molar-refractivity contribution is -0.163. The molecule has 5 rings (SSSR count). The van der Waals surface area contributed by atoms with Crippen molar-refractivity contribution in [2.24, 2.45) is 40.4 Å². The Balaban J connectivity index is 1.20. The van der Waals surface area contributed by atoms with Crippen molar-refractivity contribution >= 4 is 17.9 Å². The van der Waals surface area contributed by atoms with E-state index in [0.29, 0.717) is 41.3 Å². The van der Waals surface area contributed by atoms with Crippen LogP contribution in [0.2, 0.25) is 0 Å². The molecule has 0 radical (unpaired) electrons. The summed E-state index contributed by atoms with van der Waals surface area (Å²) >= 11 is 0. The predicted molar refractivity (Wildman–Crippen MR) is 145 cm³/mol. The van der Waals surface area contributed by atoms with Crippen molar-refractivity contribution in [3.05, 3.63) is 11.3 Å². The van der Waals surface area contributed by atoms with Crippen LogP contribution in [0.25, 0.3) is 0 Å². The SMILES string of the molecule is CC(=O)OCCCCC1=C(C)[C@H]2[C@H](C[C@H]3[C@@H]4CC[C@H]5C[C@@H](OC(=O)CCC(=O)O)CC[C@]5(C)[C@H]4CC[C@@]32C)O1.